The zero-order valence-corrected chi connectivity index (χ0v) is 19.6. The van der Waals surface area contributed by atoms with E-state index in [2.05, 4.69) is 20.6 Å². The zero-order valence-electron chi connectivity index (χ0n) is 18.1. The first-order valence-electron chi connectivity index (χ1n) is 10.5. The van der Waals surface area contributed by atoms with Crippen molar-refractivity contribution in [2.45, 2.75) is 6.92 Å². The first kappa shape index (κ1) is 21.9. The number of nitrogens with one attached hydrogen (secondary N) is 3. The van der Waals surface area contributed by atoms with Crippen LogP contribution in [0.5, 0.6) is 0 Å². The fraction of sp³-hybridized carbons (Fsp3) is 0.0385. The topological polar surface area (TPSA) is 86.9 Å². The van der Waals surface area contributed by atoms with Crippen LogP contribution in [0.1, 0.15) is 25.6 Å². The molecule has 0 radical (unpaired) electrons. The number of aromatic nitrogens is 2. The van der Waals surface area contributed by atoms with Crippen molar-refractivity contribution >= 4 is 57.2 Å². The summed E-state index contributed by atoms with van der Waals surface area (Å²) in [5.74, 6) is 0.332. The lowest BCUT2D eigenvalue weighted by molar-refractivity contribution is 0.102. The van der Waals surface area contributed by atoms with Gasteiger partial charge in [-0.05, 0) is 84.6 Å². The molecule has 0 aliphatic heterocycles. The van der Waals surface area contributed by atoms with Crippen LogP contribution in [0.25, 0.3) is 22.4 Å². The van der Waals surface area contributed by atoms with Crippen molar-refractivity contribution in [3.63, 3.8) is 0 Å². The highest BCUT2D eigenvalue weighted by Crippen LogP contribution is 2.25. The van der Waals surface area contributed by atoms with E-state index in [0.717, 1.165) is 22.2 Å². The molecule has 2 heterocycles. The minimum Gasteiger partial charge on any atom is -0.338 e. The van der Waals surface area contributed by atoms with E-state index in [1.54, 1.807) is 24.3 Å². The summed E-state index contributed by atoms with van der Waals surface area (Å²) in [6.45, 7) is 1.89. The third kappa shape index (κ3) is 4.71. The lowest BCUT2D eigenvalue weighted by Gasteiger charge is -2.07. The molecule has 2 amide bonds. The minimum atomic E-state index is -0.223. The Bertz CT molecular complexity index is 1490. The normalized spacial score (nSPS) is 10.9. The standard InChI is InChI=1S/C26H19ClN4O2S/c1-15-11-17(13-18(27)12-15)25(32)28-19-6-4-16(5-7-19)24-30-21-9-8-20(14-22(21)31-24)29-26(33)23-3-2-10-34-23/h2-14H,1H3,(H,28,32)(H,29,33)(H,30,31). The number of thiophene rings is 1. The van der Waals surface area contributed by atoms with Crippen molar-refractivity contribution in [2.75, 3.05) is 10.6 Å². The van der Waals surface area contributed by atoms with Crippen LogP contribution in [0.2, 0.25) is 5.02 Å². The van der Waals surface area contributed by atoms with Crippen molar-refractivity contribution in [3.05, 3.63) is 99.2 Å². The number of carbonyl (C=O) groups is 2. The van der Waals surface area contributed by atoms with Gasteiger partial charge in [0.25, 0.3) is 11.8 Å². The van der Waals surface area contributed by atoms with Gasteiger partial charge in [-0.2, -0.15) is 0 Å². The molecule has 2 aromatic heterocycles. The summed E-state index contributed by atoms with van der Waals surface area (Å²) in [5, 5.41) is 8.19. The first-order valence-corrected chi connectivity index (χ1v) is 11.7. The summed E-state index contributed by atoms with van der Waals surface area (Å²) < 4.78 is 0. The van der Waals surface area contributed by atoms with Crippen LogP contribution < -0.4 is 10.6 Å². The van der Waals surface area contributed by atoms with Crippen LogP contribution in [0.3, 0.4) is 0 Å². The van der Waals surface area contributed by atoms with Crippen molar-refractivity contribution in [1.29, 1.82) is 0 Å². The second kappa shape index (κ2) is 9.13. The SMILES string of the molecule is Cc1cc(Cl)cc(C(=O)Nc2ccc(-c3nc4ccc(NC(=O)c5cccs5)cc4[nH]3)cc2)c1. The second-order valence-corrected chi connectivity index (χ2v) is 9.18. The van der Waals surface area contributed by atoms with Gasteiger partial charge in [0, 0.05) is 27.5 Å². The average Bonchev–Trinajstić information content (AvgIpc) is 3.49. The van der Waals surface area contributed by atoms with Gasteiger partial charge in [0.1, 0.15) is 5.82 Å². The van der Waals surface area contributed by atoms with E-state index in [0.29, 0.717) is 32.7 Å². The van der Waals surface area contributed by atoms with E-state index in [1.165, 1.54) is 11.3 Å². The molecule has 3 N–H and O–H groups in total. The molecule has 0 saturated carbocycles. The Hall–Kier alpha value is -3.94. The molecule has 0 bridgehead atoms. The average molecular weight is 487 g/mol. The van der Waals surface area contributed by atoms with Crippen LogP contribution in [-0.2, 0) is 0 Å². The van der Waals surface area contributed by atoms with Crippen molar-refractivity contribution in [3.8, 4) is 11.4 Å². The van der Waals surface area contributed by atoms with E-state index in [1.807, 2.05) is 60.8 Å². The number of hydrogen-bond acceptors (Lipinski definition) is 4. The number of benzene rings is 3. The smallest absolute Gasteiger partial charge is 0.265 e. The summed E-state index contributed by atoms with van der Waals surface area (Å²) in [4.78, 5) is 33.5. The number of H-pyrrole nitrogens is 1. The lowest BCUT2D eigenvalue weighted by Crippen LogP contribution is -2.12. The van der Waals surface area contributed by atoms with E-state index in [4.69, 9.17) is 11.6 Å². The number of carbonyl (C=O) groups excluding carboxylic acids is 2. The minimum absolute atomic E-state index is 0.139. The number of fused-ring (bicyclic) bond motifs is 1. The van der Waals surface area contributed by atoms with Crippen molar-refractivity contribution in [1.82, 2.24) is 9.97 Å². The fourth-order valence-corrected chi connectivity index (χ4v) is 4.52. The number of aryl methyl sites for hydroxylation is 1. The molecule has 5 rings (SSSR count). The summed E-state index contributed by atoms with van der Waals surface area (Å²) >= 11 is 7.46. The maximum Gasteiger partial charge on any atom is 0.265 e. The second-order valence-electron chi connectivity index (χ2n) is 7.80. The van der Waals surface area contributed by atoms with Gasteiger partial charge < -0.3 is 15.6 Å². The van der Waals surface area contributed by atoms with E-state index >= 15 is 0 Å². The number of aromatic amines is 1. The van der Waals surface area contributed by atoms with Gasteiger partial charge in [-0.3, -0.25) is 9.59 Å². The molecule has 0 spiro atoms. The summed E-state index contributed by atoms with van der Waals surface area (Å²) in [5.41, 5.74) is 5.26. The molecule has 0 aliphatic rings. The van der Waals surface area contributed by atoms with Crippen LogP contribution in [0.15, 0.2) is 78.2 Å². The lowest BCUT2D eigenvalue weighted by atomic mass is 10.1. The molecular formula is C26H19ClN4O2S. The highest BCUT2D eigenvalue weighted by atomic mass is 35.5. The Morgan fingerprint density at radius 2 is 1.68 bits per heavy atom. The van der Waals surface area contributed by atoms with Crippen molar-refractivity contribution in [2.24, 2.45) is 0 Å². The Labute approximate surface area is 204 Å². The Kier molecular flexibility index (Phi) is 5.88. The van der Waals surface area contributed by atoms with Gasteiger partial charge in [0.05, 0.1) is 15.9 Å². The molecule has 0 aliphatic carbocycles. The highest BCUT2D eigenvalue weighted by Gasteiger charge is 2.11. The highest BCUT2D eigenvalue weighted by molar-refractivity contribution is 7.12. The van der Waals surface area contributed by atoms with Gasteiger partial charge in [0.15, 0.2) is 0 Å². The van der Waals surface area contributed by atoms with E-state index in [9.17, 15) is 9.59 Å². The largest absolute Gasteiger partial charge is 0.338 e. The number of rotatable bonds is 5. The van der Waals surface area contributed by atoms with Crippen LogP contribution in [0, 0.1) is 6.92 Å². The molecule has 8 heteroatoms. The molecule has 5 aromatic rings. The van der Waals surface area contributed by atoms with E-state index in [-0.39, 0.29) is 11.8 Å². The van der Waals surface area contributed by atoms with Crippen LogP contribution in [0.4, 0.5) is 11.4 Å². The summed E-state index contributed by atoms with van der Waals surface area (Å²) in [6, 6.07) is 21.8. The quantitative estimate of drug-likeness (QED) is 0.256. The molecule has 0 saturated heterocycles. The number of hydrogen-bond donors (Lipinski definition) is 3. The maximum absolute atomic E-state index is 12.6. The molecule has 0 fully saturated rings. The van der Waals surface area contributed by atoms with Gasteiger partial charge in [-0.15, -0.1) is 11.3 Å². The van der Waals surface area contributed by atoms with Crippen molar-refractivity contribution < 1.29 is 9.59 Å². The number of imidazole rings is 1. The van der Waals surface area contributed by atoms with Crippen LogP contribution in [-0.4, -0.2) is 21.8 Å². The molecule has 6 nitrogen and oxygen atoms in total. The number of nitrogens with zero attached hydrogens (tertiary/aromatic N) is 1. The predicted octanol–water partition coefficient (Wildman–Crippen LogP) is 6.76. The van der Waals surface area contributed by atoms with Crippen LogP contribution >= 0.6 is 22.9 Å². The molecule has 0 atom stereocenters. The maximum atomic E-state index is 12.6. The monoisotopic (exact) mass is 486 g/mol. The predicted molar refractivity (Wildman–Crippen MR) is 138 cm³/mol. The molecule has 3 aromatic carbocycles. The molecule has 168 valence electrons. The van der Waals surface area contributed by atoms with Gasteiger partial charge >= 0.3 is 0 Å². The Balaban J connectivity index is 1.31. The summed E-state index contributed by atoms with van der Waals surface area (Å²) in [7, 11) is 0. The molecular weight excluding hydrogens is 468 g/mol. The van der Waals surface area contributed by atoms with E-state index < -0.39 is 0 Å². The Morgan fingerprint density at radius 3 is 2.41 bits per heavy atom. The number of amides is 2. The first-order chi connectivity index (χ1) is 16.4. The third-order valence-electron chi connectivity index (χ3n) is 5.21. The van der Waals surface area contributed by atoms with Gasteiger partial charge in [0.2, 0.25) is 0 Å². The molecule has 34 heavy (non-hydrogen) atoms. The zero-order chi connectivity index (χ0) is 23.7. The van der Waals surface area contributed by atoms with Gasteiger partial charge in [-0.25, -0.2) is 4.98 Å². The van der Waals surface area contributed by atoms with Gasteiger partial charge in [-0.1, -0.05) is 17.7 Å². The fourth-order valence-electron chi connectivity index (χ4n) is 3.61. The Morgan fingerprint density at radius 1 is 0.912 bits per heavy atom. The number of anilines is 2. The molecule has 0 unspecified atom stereocenters. The third-order valence-corrected chi connectivity index (χ3v) is 6.29. The summed E-state index contributed by atoms with van der Waals surface area (Å²) in [6.07, 6.45) is 0. The number of halogens is 1.